The zero-order valence-electron chi connectivity index (χ0n) is 16.5. The summed E-state index contributed by atoms with van der Waals surface area (Å²) in [4.78, 5) is 26.0. The molecule has 2 aromatic carbocycles. The van der Waals surface area contributed by atoms with Crippen LogP contribution in [0.4, 0.5) is 14.5 Å². The predicted molar refractivity (Wildman–Crippen MR) is 108 cm³/mol. The third-order valence-corrected chi connectivity index (χ3v) is 6.55. The molecule has 3 aliphatic carbocycles. The van der Waals surface area contributed by atoms with Gasteiger partial charge in [0.15, 0.2) is 0 Å². The van der Waals surface area contributed by atoms with Gasteiger partial charge in [-0.05, 0) is 61.6 Å². The number of benzene rings is 2. The molecule has 1 N–H and O–H groups in total. The summed E-state index contributed by atoms with van der Waals surface area (Å²) in [6.07, 6.45) is 3.44. The van der Waals surface area contributed by atoms with Crippen LogP contribution in [0.25, 0.3) is 0 Å². The Balaban J connectivity index is 1.27. The molecule has 4 aliphatic rings. The quantitative estimate of drug-likeness (QED) is 0.817. The first-order chi connectivity index (χ1) is 14.3. The Morgan fingerprint density at radius 3 is 2.43 bits per heavy atom. The molecule has 6 rings (SSSR count). The number of carbonyl (C=O) groups excluding carboxylic acids is 2. The van der Waals surface area contributed by atoms with Gasteiger partial charge in [0.25, 0.3) is 0 Å². The lowest BCUT2D eigenvalue weighted by Crippen LogP contribution is -2.71. The maximum absolute atomic E-state index is 13.6. The highest BCUT2D eigenvalue weighted by Crippen LogP contribution is 2.74. The Morgan fingerprint density at radius 2 is 1.77 bits per heavy atom. The summed E-state index contributed by atoms with van der Waals surface area (Å²) < 4.78 is 27.3. The Labute approximate surface area is 172 Å². The van der Waals surface area contributed by atoms with Gasteiger partial charge in [-0.3, -0.25) is 9.59 Å². The Bertz CT molecular complexity index is 1060. The van der Waals surface area contributed by atoms with Crippen molar-refractivity contribution in [1.29, 1.82) is 0 Å². The van der Waals surface area contributed by atoms with Crippen molar-refractivity contribution < 1.29 is 18.4 Å². The summed E-state index contributed by atoms with van der Waals surface area (Å²) in [5.74, 6) is -1.59. The van der Waals surface area contributed by atoms with Crippen molar-refractivity contribution in [1.82, 2.24) is 5.01 Å². The number of nitrogens with one attached hydrogen (secondary N) is 1. The average molecular weight is 409 g/mol. The Hall–Kier alpha value is -3.09. The molecule has 0 spiro atoms. The molecule has 1 unspecified atom stereocenters. The second kappa shape index (κ2) is 6.45. The molecule has 30 heavy (non-hydrogen) atoms. The fourth-order valence-electron chi connectivity index (χ4n) is 5.14. The first kappa shape index (κ1) is 18.9. The highest BCUT2D eigenvalue weighted by atomic mass is 19.1. The van der Waals surface area contributed by atoms with Crippen LogP contribution in [-0.2, 0) is 9.59 Å². The van der Waals surface area contributed by atoms with E-state index < -0.39 is 28.5 Å². The summed E-state index contributed by atoms with van der Waals surface area (Å²) in [5, 5.41) is 8.49. The minimum absolute atomic E-state index is 0.0588. The first-order valence-electron chi connectivity index (χ1n) is 10.0. The van der Waals surface area contributed by atoms with Crippen molar-refractivity contribution in [3.05, 3.63) is 65.2 Å². The lowest BCUT2D eigenvalue weighted by molar-refractivity contribution is -0.213. The maximum atomic E-state index is 13.6. The fraction of sp³-hybridized carbons (Fsp3) is 0.348. The van der Waals surface area contributed by atoms with Crippen LogP contribution in [0.2, 0.25) is 0 Å². The molecular weight excluding hydrogens is 388 g/mol. The van der Waals surface area contributed by atoms with Crippen LogP contribution in [0.3, 0.4) is 0 Å². The van der Waals surface area contributed by atoms with E-state index in [2.05, 4.69) is 10.4 Å². The van der Waals surface area contributed by atoms with Crippen LogP contribution >= 0.6 is 0 Å². The molecule has 2 aromatic rings. The summed E-state index contributed by atoms with van der Waals surface area (Å²) >= 11 is 0. The molecule has 0 saturated heterocycles. The largest absolute Gasteiger partial charge is 0.326 e. The van der Waals surface area contributed by atoms with Crippen LogP contribution in [0, 0.1) is 29.4 Å². The molecule has 3 fully saturated rings. The summed E-state index contributed by atoms with van der Waals surface area (Å²) in [6.45, 7) is 1.96. The zero-order chi connectivity index (χ0) is 21.1. The van der Waals surface area contributed by atoms with Crippen molar-refractivity contribution in [2.45, 2.75) is 38.6 Å². The monoisotopic (exact) mass is 409 g/mol. The molecule has 3 saturated carbocycles. The van der Waals surface area contributed by atoms with Gasteiger partial charge in [-0.25, -0.2) is 13.8 Å². The number of amides is 2. The standard InChI is InChI=1S/C23H21F2N3O2/c1-14-3-2-4-18(7-14)27-20(29)22-11-23(12-22,13-22)21(30)28-19(5-6-26-28)15-8-16(24)10-17(25)9-15/h2-4,6-10,19H,5,11-13H2,1H3,(H,27,29). The van der Waals surface area contributed by atoms with E-state index in [4.69, 9.17) is 0 Å². The first-order valence-corrected chi connectivity index (χ1v) is 10.0. The van der Waals surface area contributed by atoms with Gasteiger partial charge in [0.2, 0.25) is 11.8 Å². The SMILES string of the molecule is Cc1cccc(NC(=O)C23CC(C(=O)N4N=CCC4c4cc(F)cc(F)c4)(C2)C3)c1. The minimum atomic E-state index is -0.679. The van der Waals surface area contributed by atoms with Crippen LogP contribution < -0.4 is 5.32 Å². The van der Waals surface area contributed by atoms with E-state index >= 15 is 0 Å². The molecule has 2 bridgehead atoms. The number of hydrogen-bond acceptors (Lipinski definition) is 3. The van der Waals surface area contributed by atoms with E-state index in [9.17, 15) is 18.4 Å². The summed E-state index contributed by atoms with van der Waals surface area (Å²) in [5.41, 5.74) is 1.09. The van der Waals surface area contributed by atoms with Crippen molar-refractivity contribution in [3.63, 3.8) is 0 Å². The van der Waals surface area contributed by atoms with E-state index in [1.807, 2.05) is 31.2 Å². The van der Waals surface area contributed by atoms with Gasteiger partial charge in [0, 0.05) is 24.4 Å². The van der Waals surface area contributed by atoms with Crippen LogP contribution in [0.1, 0.15) is 42.9 Å². The predicted octanol–water partition coefficient (Wildman–Crippen LogP) is 4.34. The maximum Gasteiger partial charge on any atom is 0.249 e. The van der Waals surface area contributed by atoms with Gasteiger partial charge in [0.05, 0.1) is 16.9 Å². The van der Waals surface area contributed by atoms with Gasteiger partial charge in [-0.15, -0.1) is 0 Å². The number of anilines is 1. The molecule has 0 radical (unpaired) electrons. The van der Waals surface area contributed by atoms with E-state index in [1.165, 1.54) is 17.1 Å². The molecular formula is C23H21F2N3O2. The topological polar surface area (TPSA) is 61.8 Å². The van der Waals surface area contributed by atoms with Crippen molar-refractivity contribution >= 4 is 23.7 Å². The summed E-state index contributed by atoms with van der Waals surface area (Å²) in [6, 6.07) is 10.4. The highest BCUT2D eigenvalue weighted by molar-refractivity contribution is 6.02. The number of rotatable bonds is 4. The number of aryl methyl sites for hydroxylation is 1. The number of nitrogens with zero attached hydrogens (tertiary/aromatic N) is 2. The second-order valence-corrected chi connectivity index (χ2v) is 8.82. The molecule has 7 heteroatoms. The van der Waals surface area contributed by atoms with Crippen molar-refractivity contribution in [2.75, 3.05) is 5.32 Å². The van der Waals surface area contributed by atoms with E-state index in [-0.39, 0.29) is 11.8 Å². The average Bonchev–Trinajstić information content (AvgIpc) is 3.08. The second-order valence-electron chi connectivity index (χ2n) is 8.82. The van der Waals surface area contributed by atoms with Crippen LogP contribution in [-0.4, -0.2) is 23.0 Å². The lowest BCUT2D eigenvalue weighted by atomic mass is 9.34. The van der Waals surface area contributed by atoms with Gasteiger partial charge < -0.3 is 5.32 Å². The molecule has 0 aromatic heterocycles. The molecule has 2 amide bonds. The molecule has 1 atom stereocenters. The number of carbonyl (C=O) groups is 2. The summed E-state index contributed by atoms with van der Waals surface area (Å²) in [7, 11) is 0. The normalized spacial score (nSPS) is 28.6. The van der Waals surface area contributed by atoms with Gasteiger partial charge in [-0.2, -0.15) is 5.10 Å². The Kier molecular flexibility index (Phi) is 4.07. The van der Waals surface area contributed by atoms with E-state index in [0.717, 1.165) is 17.3 Å². The van der Waals surface area contributed by atoms with Gasteiger partial charge in [-0.1, -0.05) is 12.1 Å². The number of hydrogen-bond donors (Lipinski definition) is 1. The third kappa shape index (κ3) is 2.83. The third-order valence-electron chi connectivity index (χ3n) is 6.55. The lowest BCUT2D eigenvalue weighted by Gasteiger charge is -2.68. The smallest absolute Gasteiger partial charge is 0.249 e. The van der Waals surface area contributed by atoms with Gasteiger partial charge in [0.1, 0.15) is 11.6 Å². The van der Waals surface area contributed by atoms with E-state index in [1.54, 1.807) is 6.21 Å². The Morgan fingerprint density at radius 1 is 1.07 bits per heavy atom. The van der Waals surface area contributed by atoms with Crippen molar-refractivity contribution in [2.24, 2.45) is 15.9 Å². The molecule has 5 nitrogen and oxygen atoms in total. The number of hydrazone groups is 1. The van der Waals surface area contributed by atoms with Gasteiger partial charge >= 0.3 is 0 Å². The minimum Gasteiger partial charge on any atom is -0.326 e. The number of halogens is 2. The highest BCUT2D eigenvalue weighted by Gasteiger charge is 2.75. The fourth-order valence-corrected chi connectivity index (χ4v) is 5.14. The molecule has 1 aliphatic heterocycles. The van der Waals surface area contributed by atoms with Crippen LogP contribution in [0.15, 0.2) is 47.6 Å². The van der Waals surface area contributed by atoms with Crippen molar-refractivity contribution in [3.8, 4) is 0 Å². The molecule has 1 heterocycles. The van der Waals surface area contributed by atoms with E-state index in [0.29, 0.717) is 31.2 Å². The van der Waals surface area contributed by atoms with Crippen LogP contribution in [0.5, 0.6) is 0 Å². The molecule has 154 valence electrons. The zero-order valence-corrected chi connectivity index (χ0v) is 16.5.